The lowest BCUT2D eigenvalue weighted by Gasteiger charge is -2.33. The summed E-state index contributed by atoms with van der Waals surface area (Å²) < 4.78 is 0. The van der Waals surface area contributed by atoms with E-state index in [1.807, 2.05) is 0 Å². The van der Waals surface area contributed by atoms with Crippen molar-refractivity contribution < 1.29 is 10.2 Å². The van der Waals surface area contributed by atoms with E-state index >= 15 is 0 Å². The van der Waals surface area contributed by atoms with Crippen LogP contribution in [0.3, 0.4) is 0 Å². The maximum Gasteiger partial charge on any atom is 0.162 e. The fraction of sp³-hybridized carbons (Fsp3) is 1.00. The molecule has 0 aromatic heterocycles. The number of aliphatic hydroxyl groups is 2. The molecular formula is C9H18O2. The first kappa shape index (κ1) is 9.01. The van der Waals surface area contributed by atoms with Crippen molar-refractivity contribution >= 4 is 0 Å². The zero-order valence-corrected chi connectivity index (χ0v) is 7.38. The van der Waals surface area contributed by atoms with Crippen LogP contribution in [0.25, 0.3) is 0 Å². The SMILES string of the molecule is CC1CCC(C(C)(O)O)CC1. The quantitative estimate of drug-likeness (QED) is 0.568. The van der Waals surface area contributed by atoms with Gasteiger partial charge in [0.15, 0.2) is 5.79 Å². The molecule has 0 amide bonds. The third-order valence-corrected chi connectivity index (χ3v) is 2.79. The summed E-state index contributed by atoms with van der Waals surface area (Å²) in [6, 6.07) is 0. The molecule has 1 saturated carbocycles. The minimum Gasteiger partial charge on any atom is -0.366 e. The van der Waals surface area contributed by atoms with Gasteiger partial charge in [0.05, 0.1) is 0 Å². The fourth-order valence-electron chi connectivity index (χ4n) is 1.81. The van der Waals surface area contributed by atoms with Crippen molar-refractivity contribution in [3.8, 4) is 0 Å². The Morgan fingerprint density at radius 3 is 1.91 bits per heavy atom. The Balaban J connectivity index is 2.39. The lowest BCUT2D eigenvalue weighted by atomic mass is 9.79. The first-order valence-corrected chi connectivity index (χ1v) is 4.45. The summed E-state index contributed by atoms with van der Waals surface area (Å²) >= 11 is 0. The Hall–Kier alpha value is -0.0800. The molecule has 0 aromatic rings. The third kappa shape index (κ3) is 2.46. The van der Waals surface area contributed by atoms with Crippen molar-refractivity contribution in [2.75, 3.05) is 0 Å². The van der Waals surface area contributed by atoms with E-state index in [4.69, 9.17) is 0 Å². The van der Waals surface area contributed by atoms with Gasteiger partial charge in [0, 0.05) is 5.92 Å². The van der Waals surface area contributed by atoms with Gasteiger partial charge < -0.3 is 10.2 Å². The maximum absolute atomic E-state index is 9.28. The molecule has 1 aliphatic rings. The summed E-state index contributed by atoms with van der Waals surface area (Å²) in [5.41, 5.74) is 0. The molecule has 2 N–H and O–H groups in total. The summed E-state index contributed by atoms with van der Waals surface area (Å²) in [4.78, 5) is 0. The highest BCUT2D eigenvalue weighted by Crippen LogP contribution is 2.33. The third-order valence-electron chi connectivity index (χ3n) is 2.79. The van der Waals surface area contributed by atoms with E-state index in [1.165, 1.54) is 6.92 Å². The molecule has 0 bridgehead atoms. The highest BCUT2D eigenvalue weighted by atomic mass is 16.5. The Bertz CT molecular complexity index is 118. The minimum absolute atomic E-state index is 0.0960. The number of hydrogen-bond acceptors (Lipinski definition) is 2. The summed E-state index contributed by atoms with van der Waals surface area (Å²) in [6.45, 7) is 3.72. The van der Waals surface area contributed by atoms with Crippen molar-refractivity contribution in [1.29, 1.82) is 0 Å². The van der Waals surface area contributed by atoms with Crippen molar-refractivity contribution in [1.82, 2.24) is 0 Å². The van der Waals surface area contributed by atoms with Crippen molar-refractivity contribution in [3.63, 3.8) is 0 Å². The van der Waals surface area contributed by atoms with Gasteiger partial charge in [-0.3, -0.25) is 0 Å². The average Bonchev–Trinajstić information content (AvgIpc) is 1.86. The average molecular weight is 158 g/mol. The molecule has 0 radical (unpaired) electrons. The first-order chi connectivity index (χ1) is 5.00. The molecule has 1 rings (SSSR count). The van der Waals surface area contributed by atoms with Crippen LogP contribution in [0.5, 0.6) is 0 Å². The Labute approximate surface area is 68.2 Å². The lowest BCUT2D eigenvalue weighted by Crippen LogP contribution is -2.36. The topological polar surface area (TPSA) is 40.5 Å². The van der Waals surface area contributed by atoms with Crippen molar-refractivity contribution in [2.24, 2.45) is 11.8 Å². The highest BCUT2D eigenvalue weighted by molar-refractivity contribution is 4.77. The van der Waals surface area contributed by atoms with Gasteiger partial charge in [0.25, 0.3) is 0 Å². The van der Waals surface area contributed by atoms with Crippen LogP contribution in [0.1, 0.15) is 39.5 Å². The normalized spacial score (nSPS) is 33.8. The molecule has 0 atom stereocenters. The van der Waals surface area contributed by atoms with E-state index in [9.17, 15) is 10.2 Å². The van der Waals surface area contributed by atoms with Crippen molar-refractivity contribution in [2.45, 2.75) is 45.3 Å². The van der Waals surface area contributed by atoms with E-state index in [2.05, 4.69) is 6.92 Å². The molecule has 1 aliphatic carbocycles. The highest BCUT2D eigenvalue weighted by Gasteiger charge is 2.31. The van der Waals surface area contributed by atoms with Crippen LogP contribution in [-0.4, -0.2) is 16.0 Å². The maximum atomic E-state index is 9.28. The predicted molar refractivity (Wildman–Crippen MR) is 44.0 cm³/mol. The summed E-state index contributed by atoms with van der Waals surface area (Å²) in [6.07, 6.45) is 4.21. The summed E-state index contributed by atoms with van der Waals surface area (Å²) in [5.74, 6) is -0.576. The predicted octanol–water partition coefficient (Wildman–Crippen LogP) is 1.51. The van der Waals surface area contributed by atoms with Crippen LogP contribution in [-0.2, 0) is 0 Å². The van der Waals surface area contributed by atoms with Gasteiger partial charge in [0.1, 0.15) is 0 Å². The van der Waals surface area contributed by atoms with Crippen LogP contribution in [0.2, 0.25) is 0 Å². The minimum atomic E-state index is -1.44. The molecule has 0 unspecified atom stereocenters. The monoisotopic (exact) mass is 158 g/mol. The van der Waals surface area contributed by atoms with Crippen LogP contribution in [0.15, 0.2) is 0 Å². The molecule has 11 heavy (non-hydrogen) atoms. The zero-order valence-electron chi connectivity index (χ0n) is 7.38. The van der Waals surface area contributed by atoms with E-state index < -0.39 is 5.79 Å². The molecule has 0 spiro atoms. The molecule has 0 saturated heterocycles. The van der Waals surface area contributed by atoms with Gasteiger partial charge in [-0.2, -0.15) is 0 Å². The molecule has 0 aliphatic heterocycles. The van der Waals surface area contributed by atoms with Gasteiger partial charge >= 0.3 is 0 Å². The molecule has 0 aromatic carbocycles. The molecule has 1 fully saturated rings. The van der Waals surface area contributed by atoms with Gasteiger partial charge in [-0.1, -0.05) is 19.8 Å². The van der Waals surface area contributed by atoms with E-state index in [-0.39, 0.29) is 5.92 Å². The zero-order chi connectivity index (χ0) is 8.48. The lowest BCUT2D eigenvalue weighted by molar-refractivity contribution is -0.193. The van der Waals surface area contributed by atoms with E-state index in [1.54, 1.807) is 0 Å². The van der Waals surface area contributed by atoms with E-state index in [0.29, 0.717) is 0 Å². The van der Waals surface area contributed by atoms with Crippen LogP contribution < -0.4 is 0 Å². The largest absolute Gasteiger partial charge is 0.366 e. The molecule has 66 valence electrons. The summed E-state index contributed by atoms with van der Waals surface area (Å²) in [7, 11) is 0. The van der Waals surface area contributed by atoms with E-state index in [0.717, 1.165) is 31.6 Å². The van der Waals surface area contributed by atoms with Crippen LogP contribution in [0, 0.1) is 11.8 Å². The molecule has 2 nitrogen and oxygen atoms in total. The molecular weight excluding hydrogens is 140 g/mol. The first-order valence-electron chi connectivity index (χ1n) is 4.45. The Morgan fingerprint density at radius 2 is 1.55 bits per heavy atom. The second kappa shape index (κ2) is 3.11. The van der Waals surface area contributed by atoms with Gasteiger partial charge in [-0.05, 0) is 25.7 Å². The van der Waals surface area contributed by atoms with Crippen LogP contribution in [0.4, 0.5) is 0 Å². The molecule has 0 heterocycles. The number of rotatable bonds is 1. The van der Waals surface area contributed by atoms with Gasteiger partial charge in [-0.25, -0.2) is 0 Å². The standard InChI is InChI=1S/C9H18O2/c1-7-3-5-8(6-4-7)9(2,10)11/h7-8,10-11H,3-6H2,1-2H3. The summed E-state index contributed by atoms with van der Waals surface area (Å²) in [5, 5.41) is 18.6. The van der Waals surface area contributed by atoms with Gasteiger partial charge in [-0.15, -0.1) is 0 Å². The fourth-order valence-corrected chi connectivity index (χ4v) is 1.81. The molecule has 2 heteroatoms. The Kier molecular flexibility index (Phi) is 2.55. The van der Waals surface area contributed by atoms with Crippen LogP contribution >= 0.6 is 0 Å². The smallest absolute Gasteiger partial charge is 0.162 e. The van der Waals surface area contributed by atoms with Gasteiger partial charge in [0.2, 0.25) is 0 Å². The second-order valence-corrected chi connectivity index (χ2v) is 4.05. The van der Waals surface area contributed by atoms with Crippen molar-refractivity contribution in [3.05, 3.63) is 0 Å². The second-order valence-electron chi connectivity index (χ2n) is 4.05. The number of hydrogen-bond donors (Lipinski definition) is 2. The Morgan fingerprint density at radius 1 is 1.09 bits per heavy atom.